The fraction of sp³-hybridized carbons (Fsp3) is 0.333. The molecule has 0 bridgehead atoms. The second kappa shape index (κ2) is 9.72. The molecule has 1 amide bonds. The Balaban J connectivity index is 1.65. The number of aromatic nitrogens is 2. The van der Waals surface area contributed by atoms with Gasteiger partial charge in [-0.25, -0.2) is 13.4 Å². The molecule has 0 saturated carbocycles. The molecule has 2 aromatic carbocycles. The van der Waals surface area contributed by atoms with Crippen LogP contribution >= 0.6 is 15.9 Å². The van der Waals surface area contributed by atoms with Crippen LogP contribution in [0.4, 0.5) is 0 Å². The standard InChI is InChI=1S/C21H25BrN4O3S/c1-3-26(4-2)30(28,29)16-10-11-18(22)17(14-16)21(27)23-12-7-13-25-15-24-19-8-5-6-9-20(19)25/h5-6,8-11,14-15H,3-4,7,12-13H2,1-2H3,(H,23,27). The van der Waals surface area contributed by atoms with Crippen molar-refractivity contribution >= 4 is 42.9 Å². The molecule has 0 aliphatic heterocycles. The van der Waals surface area contributed by atoms with E-state index in [0.29, 0.717) is 29.7 Å². The summed E-state index contributed by atoms with van der Waals surface area (Å²) in [5, 5.41) is 2.88. The Bertz CT molecular complexity index is 1140. The molecule has 0 aliphatic carbocycles. The predicted molar refractivity (Wildman–Crippen MR) is 121 cm³/mol. The van der Waals surface area contributed by atoms with Gasteiger partial charge < -0.3 is 9.88 Å². The van der Waals surface area contributed by atoms with Crippen LogP contribution in [-0.4, -0.2) is 47.8 Å². The Morgan fingerprint density at radius 2 is 1.90 bits per heavy atom. The summed E-state index contributed by atoms with van der Waals surface area (Å²) >= 11 is 3.35. The van der Waals surface area contributed by atoms with Gasteiger partial charge in [0.2, 0.25) is 10.0 Å². The van der Waals surface area contributed by atoms with Crippen LogP contribution in [0.2, 0.25) is 0 Å². The van der Waals surface area contributed by atoms with Gasteiger partial charge in [0.25, 0.3) is 5.91 Å². The molecule has 30 heavy (non-hydrogen) atoms. The third-order valence-electron chi connectivity index (χ3n) is 4.91. The molecule has 9 heteroatoms. The lowest BCUT2D eigenvalue weighted by Crippen LogP contribution is -2.31. The van der Waals surface area contributed by atoms with Crippen molar-refractivity contribution in [2.24, 2.45) is 0 Å². The van der Waals surface area contributed by atoms with E-state index in [2.05, 4.69) is 30.8 Å². The first-order chi connectivity index (χ1) is 14.4. The SMILES string of the molecule is CCN(CC)S(=O)(=O)c1ccc(Br)c(C(=O)NCCCn2cnc3ccccc32)c1. The average molecular weight is 493 g/mol. The number of fused-ring (bicyclic) bond motifs is 1. The zero-order valence-electron chi connectivity index (χ0n) is 17.0. The van der Waals surface area contributed by atoms with Crippen LogP contribution in [0, 0.1) is 0 Å². The highest BCUT2D eigenvalue weighted by Gasteiger charge is 2.23. The van der Waals surface area contributed by atoms with E-state index in [9.17, 15) is 13.2 Å². The highest BCUT2D eigenvalue weighted by Crippen LogP contribution is 2.23. The number of carbonyl (C=O) groups excluding carboxylic acids is 1. The number of aryl methyl sites for hydroxylation is 1. The zero-order valence-corrected chi connectivity index (χ0v) is 19.4. The van der Waals surface area contributed by atoms with Crippen LogP contribution in [0.3, 0.4) is 0 Å². The first kappa shape index (κ1) is 22.5. The maximum absolute atomic E-state index is 12.7. The second-order valence-electron chi connectivity index (χ2n) is 6.77. The average Bonchev–Trinajstić information content (AvgIpc) is 3.15. The largest absolute Gasteiger partial charge is 0.352 e. The number of para-hydroxylation sites is 2. The number of carbonyl (C=O) groups is 1. The highest BCUT2D eigenvalue weighted by atomic mass is 79.9. The summed E-state index contributed by atoms with van der Waals surface area (Å²) in [6.45, 7) is 5.51. The van der Waals surface area contributed by atoms with E-state index in [1.807, 2.05) is 24.3 Å². The van der Waals surface area contributed by atoms with E-state index in [-0.39, 0.29) is 10.8 Å². The number of hydrogen-bond donors (Lipinski definition) is 1. The topological polar surface area (TPSA) is 84.3 Å². The van der Waals surface area contributed by atoms with Gasteiger partial charge in [-0.05, 0) is 52.7 Å². The fourth-order valence-corrected chi connectivity index (χ4v) is 5.20. The van der Waals surface area contributed by atoms with Crippen LogP contribution in [0.1, 0.15) is 30.6 Å². The van der Waals surface area contributed by atoms with Crippen LogP contribution in [0.25, 0.3) is 11.0 Å². The molecular weight excluding hydrogens is 468 g/mol. The van der Waals surface area contributed by atoms with E-state index < -0.39 is 10.0 Å². The smallest absolute Gasteiger partial charge is 0.252 e. The van der Waals surface area contributed by atoms with Crippen molar-refractivity contribution in [2.45, 2.75) is 31.7 Å². The highest BCUT2D eigenvalue weighted by molar-refractivity contribution is 9.10. The minimum absolute atomic E-state index is 0.115. The summed E-state index contributed by atoms with van der Waals surface area (Å²) in [5.74, 6) is -0.311. The van der Waals surface area contributed by atoms with E-state index in [0.717, 1.165) is 24.0 Å². The molecule has 3 rings (SSSR count). The third-order valence-corrected chi connectivity index (χ3v) is 7.65. The Hall–Kier alpha value is -2.23. The van der Waals surface area contributed by atoms with Gasteiger partial charge in [0, 0.05) is 30.7 Å². The third kappa shape index (κ3) is 4.74. The van der Waals surface area contributed by atoms with Crippen molar-refractivity contribution < 1.29 is 13.2 Å². The van der Waals surface area contributed by atoms with Crippen molar-refractivity contribution in [1.29, 1.82) is 0 Å². The van der Waals surface area contributed by atoms with Crippen LogP contribution in [-0.2, 0) is 16.6 Å². The lowest BCUT2D eigenvalue weighted by atomic mass is 10.2. The minimum Gasteiger partial charge on any atom is -0.352 e. The molecule has 1 aromatic heterocycles. The van der Waals surface area contributed by atoms with Gasteiger partial charge in [-0.3, -0.25) is 4.79 Å². The summed E-state index contributed by atoms with van der Waals surface area (Å²) in [7, 11) is -3.63. The van der Waals surface area contributed by atoms with Gasteiger partial charge in [-0.2, -0.15) is 4.31 Å². The first-order valence-electron chi connectivity index (χ1n) is 9.86. The lowest BCUT2D eigenvalue weighted by Gasteiger charge is -2.19. The Morgan fingerprint density at radius 1 is 1.17 bits per heavy atom. The molecular formula is C21H25BrN4O3S. The predicted octanol–water partition coefficient (Wildman–Crippen LogP) is 3.65. The quantitative estimate of drug-likeness (QED) is 0.462. The maximum Gasteiger partial charge on any atom is 0.252 e. The molecule has 160 valence electrons. The van der Waals surface area contributed by atoms with E-state index in [4.69, 9.17) is 0 Å². The number of hydrogen-bond acceptors (Lipinski definition) is 4. The van der Waals surface area contributed by atoms with Gasteiger partial charge in [0.05, 0.1) is 27.8 Å². The molecule has 0 unspecified atom stereocenters. The Labute approximate surface area is 185 Å². The van der Waals surface area contributed by atoms with Gasteiger partial charge in [0.15, 0.2) is 0 Å². The second-order valence-corrected chi connectivity index (χ2v) is 9.56. The normalized spacial score (nSPS) is 11.9. The molecule has 0 atom stereocenters. The van der Waals surface area contributed by atoms with Crippen LogP contribution < -0.4 is 5.32 Å². The lowest BCUT2D eigenvalue weighted by molar-refractivity contribution is 0.0952. The van der Waals surface area contributed by atoms with Crippen molar-refractivity contribution in [3.63, 3.8) is 0 Å². The zero-order chi connectivity index (χ0) is 21.7. The van der Waals surface area contributed by atoms with Crippen molar-refractivity contribution in [1.82, 2.24) is 19.2 Å². The van der Waals surface area contributed by atoms with Crippen molar-refractivity contribution in [2.75, 3.05) is 19.6 Å². The number of benzene rings is 2. The Morgan fingerprint density at radius 3 is 2.63 bits per heavy atom. The Kier molecular flexibility index (Phi) is 7.27. The molecule has 3 aromatic rings. The summed E-state index contributed by atoms with van der Waals surface area (Å²) in [5.41, 5.74) is 2.30. The van der Waals surface area contributed by atoms with Gasteiger partial charge in [-0.15, -0.1) is 0 Å². The number of amides is 1. The number of imidazole rings is 1. The minimum atomic E-state index is -3.63. The van der Waals surface area contributed by atoms with Gasteiger partial charge >= 0.3 is 0 Å². The first-order valence-corrected chi connectivity index (χ1v) is 12.1. The summed E-state index contributed by atoms with van der Waals surface area (Å²) in [6, 6.07) is 12.4. The number of nitrogens with one attached hydrogen (secondary N) is 1. The van der Waals surface area contributed by atoms with Gasteiger partial charge in [-0.1, -0.05) is 26.0 Å². The van der Waals surface area contributed by atoms with E-state index in [1.54, 1.807) is 26.2 Å². The van der Waals surface area contributed by atoms with Crippen LogP contribution in [0.15, 0.2) is 58.2 Å². The fourth-order valence-electron chi connectivity index (χ4n) is 3.29. The van der Waals surface area contributed by atoms with E-state index >= 15 is 0 Å². The molecule has 0 radical (unpaired) electrons. The molecule has 1 heterocycles. The molecule has 0 fully saturated rings. The van der Waals surface area contributed by atoms with Gasteiger partial charge in [0.1, 0.15) is 0 Å². The molecule has 0 spiro atoms. The summed E-state index contributed by atoms with van der Waals surface area (Å²) in [6.07, 6.45) is 2.52. The van der Waals surface area contributed by atoms with Crippen molar-refractivity contribution in [3.8, 4) is 0 Å². The summed E-state index contributed by atoms with van der Waals surface area (Å²) < 4.78 is 29.5. The summed E-state index contributed by atoms with van der Waals surface area (Å²) in [4.78, 5) is 17.1. The van der Waals surface area contributed by atoms with Crippen molar-refractivity contribution in [3.05, 3.63) is 58.8 Å². The molecule has 0 aliphatic rings. The number of halogens is 1. The number of sulfonamides is 1. The molecule has 1 N–H and O–H groups in total. The van der Waals surface area contributed by atoms with E-state index in [1.165, 1.54) is 16.4 Å². The number of nitrogens with zero attached hydrogens (tertiary/aromatic N) is 3. The number of rotatable bonds is 9. The monoisotopic (exact) mass is 492 g/mol. The molecule has 0 saturated heterocycles. The molecule has 7 nitrogen and oxygen atoms in total. The maximum atomic E-state index is 12.7. The van der Waals surface area contributed by atoms with Crippen LogP contribution in [0.5, 0.6) is 0 Å².